The average molecular weight is 296 g/mol. The van der Waals surface area contributed by atoms with E-state index in [1.807, 2.05) is 27.7 Å². The average Bonchev–Trinajstić information content (AvgIpc) is 2.96. The van der Waals surface area contributed by atoms with Crippen LogP contribution in [0.15, 0.2) is 18.2 Å². The van der Waals surface area contributed by atoms with Crippen LogP contribution in [0.5, 0.6) is 0 Å². The Hall–Kier alpha value is -1.65. The smallest absolute Gasteiger partial charge is 0.315 e. The van der Waals surface area contributed by atoms with Crippen molar-refractivity contribution in [2.75, 3.05) is 6.54 Å². The number of hydrogen-bond donors (Lipinski definition) is 2. The summed E-state index contributed by atoms with van der Waals surface area (Å²) >= 11 is 0. The van der Waals surface area contributed by atoms with Gasteiger partial charge in [0.1, 0.15) is 11.6 Å². The lowest BCUT2D eigenvalue weighted by Crippen LogP contribution is -2.48. The second-order valence-electron chi connectivity index (χ2n) is 6.94. The molecule has 3 nitrogen and oxygen atoms in total. The van der Waals surface area contributed by atoms with Crippen molar-refractivity contribution in [2.24, 2.45) is 5.92 Å². The number of carbonyl (C=O) groups excluding carboxylic acids is 1. The first-order chi connectivity index (χ1) is 9.64. The van der Waals surface area contributed by atoms with Gasteiger partial charge in [-0.05, 0) is 44.7 Å². The van der Waals surface area contributed by atoms with Gasteiger partial charge in [0, 0.05) is 23.6 Å². The molecule has 1 aromatic rings. The molecular formula is C16H22F2N2O. The maximum atomic E-state index is 14.0. The minimum atomic E-state index is -0.585. The standard InChI is InChI=1S/C16H22F2N2O/c1-10-8-16(10,9-19-14(21)20-15(2,3)4)12-6-5-11(17)7-13(12)18/h5-7,10H,8-9H2,1-4H3,(H2,19,20,21). The molecular weight excluding hydrogens is 274 g/mol. The van der Waals surface area contributed by atoms with Gasteiger partial charge in [-0.1, -0.05) is 13.0 Å². The van der Waals surface area contributed by atoms with Crippen LogP contribution in [0.3, 0.4) is 0 Å². The largest absolute Gasteiger partial charge is 0.337 e. The van der Waals surface area contributed by atoms with E-state index in [1.54, 1.807) is 0 Å². The van der Waals surface area contributed by atoms with E-state index in [2.05, 4.69) is 10.6 Å². The van der Waals surface area contributed by atoms with Gasteiger partial charge in [-0.25, -0.2) is 13.6 Å². The van der Waals surface area contributed by atoms with Gasteiger partial charge in [0.25, 0.3) is 0 Å². The maximum Gasteiger partial charge on any atom is 0.315 e. The molecule has 0 heterocycles. The molecule has 0 radical (unpaired) electrons. The van der Waals surface area contributed by atoms with Crippen LogP contribution in [0.2, 0.25) is 0 Å². The number of rotatable bonds is 3. The Kier molecular flexibility index (Phi) is 3.95. The van der Waals surface area contributed by atoms with Crippen molar-refractivity contribution in [3.05, 3.63) is 35.4 Å². The quantitative estimate of drug-likeness (QED) is 0.882. The Morgan fingerprint density at radius 1 is 1.38 bits per heavy atom. The van der Waals surface area contributed by atoms with E-state index in [0.717, 1.165) is 12.5 Å². The van der Waals surface area contributed by atoms with E-state index in [4.69, 9.17) is 0 Å². The Labute approximate surface area is 124 Å². The number of carbonyl (C=O) groups is 1. The minimum Gasteiger partial charge on any atom is -0.337 e. The highest BCUT2D eigenvalue weighted by atomic mass is 19.1. The zero-order valence-electron chi connectivity index (χ0n) is 12.9. The summed E-state index contributed by atoms with van der Waals surface area (Å²) in [6.45, 7) is 8.02. The minimum absolute atomic E-state index is 0.257. The Morgan fingerprint density at radius 3 is 2.48 bits per heavy atom. The van der Waals surface area contributed by atoms with E-state index in [9.17, 15) is 13.6 Å². The molecule has 2 N–H and O–H groups in total. The van der Waals surface area contributed by atoms with E-state index in [0.29, 0.717) is 12.1 Å². The summed E-state index contributed by atoms with van der Waals surface area (Å²) in [6, 6.07) is 3.37. The monoisotopic (exact) mass is 296 g/mol. The predicted molar refractivity (Wildman–Crippen MR) is 78.1 cm³/mol. The first kappa shape index (κ1) is 15.7. The molecule has 1 saturated carbocycles. The molecule has 2 unspecified atom stereocenters. The molecule has 0 saturated heterocycles. The number of hydrogen-bond acceptors (Lipinski definition) is 1. The second-order valence-corrected chi connectivity index (χ2v) is 6.94. The SMILES string of the molecule is CC1CC1(CNC(=O)NC(C)(C)C)c1ccc(F)cc1F. The van der Waals surface area contributed by atoms with Crippen LogP contribution in [0.25, 0.3) is 0 Å². The molecule has 0 aromatic heterocycles. The van der Waals surface area contributed by atoms with Gasteiger partial charge in [0.2, 0.25) is 0 Å². The maximum absolute atomic E-state index is 14.0. The van der Waals surface area contributed by atoms with E-state index >= 15 is 0 Å². The summed E-state index contributed by atoms with van der Waals surface area (Å²) in [5.41, 5.74) is -0.270. The summed E-state index contributed by atoms with van der Waals surface area (Å²) in [7, 11) is 0. The van der Waals surface area contributed by atoms with E-state index in [1.165, 1.54) is 12.1 Å². The Balaban J connectivity index is 2.08. The molecule has 21 heavy (non-hydrogen) atoms. The topological polar surface area (TPSA) is 41.1 Å². The lowest BCUT2D eigenvalue weighted by Gasteiger charge is -2.23. The molecule has 0 spiro atoms. The van der Waals surface area contributed by atoms with Crippen molar-refractivity contribution >= 4 is 6.03 Å². The Morgan fingerprint density at radius 2 is 2.00 bits per heavy atom. The summed E-state index contributed by atoms with van der Waals surface area (Å²) in [5, 5.41) is 5.61. The van der Waals surface area contributed by atoms with Gasteiger partial charge in [0.05, 0.1) is 0 Å². The molecule has 5 heteroatoms. The molecule has 1 aliphatic carbocycles. The van der Waals surface area contributed by atoms with Gasteiger partial charge >= 0.3 is 6.03 Å². The summed E-state index contributed by atoms with van der Waals surface area (Å²) in [6.07, 6.45) is 0.783. The summed E-state index contributed by atoms with van der Waals surface area (Å²) < 4.78 is 27.0. The van der Waals surface area contributed by atoms with Crippen molar-refractivity contribution in [3.8, 4) is 0 Å². The Bertz CT molecular complexity index is 554. The first-order valence-corrected chi connectivity index (χ1v) is 7.16. The molecule has 0 aliphatic heterocycles. The van der Waals surface area contributed by atoms with Crippen LogP contribution in [-0.4, -0.2) is 18.1 Å². The number of nitrogens with one attached hydrogen (secondary N) is 2. The number of amides is 2. The normalized spacial score (nSPS) is 24.6. The molecule has 2 atom stereocenters. The zero-order valence-corrected chi connectivity index (χ0v) is 12.9. The fourth-order valence-electron chi connectivity index (χ4n) is 2.72. The highest BCUT2D eigenvalue weighted by molar-refractivity contribution is 5.74. The highest BCUT2D eigenvalue weighted by Crippen LogP contribution is 2.54. The molecule has 1 aromatic carbocycles. The van der Waals surface area contributed by atoms with Crippen molar-refractivity contribution in [1.82, 2.24) is 10.6 Å². The molecule has 1 fully saturated rings. The van der Waals surface area contributed by atoms with Crippen molar-refractivity contribution < 1.29 is 13.6 Å². The van der Waals surface area contributed by atoms with Gasteiger partial charge in [-0.2, -0.15) is 0 Å². The fourth-order valence-corrected chi connectivity index (χ4v) is 2.72. The number of benzene rings is 1. The van der Waals surface area contributed by atoms with E-state index in [-0.39, 0.29) is 17.5 Å². The fraction of sp³-hybridized carbons (Fsp3) is 0.562. The second kappa shape index (κ2) is 5.28. The highest BCUT2D eigenvalue weighted by Gasteiger charge is 2.53. The third-order valence-electron chi connectivity index (χ3n) is 3.97. The lowest BCUT2D eigenvalue weighted by molar-refractivity contribution is 0.230. The third-order valence-corrected chi connectivity index (χ3v) is 3.97. The summed E-state index contributed by atoms with van der Waals surface area (Å²) in [4.78, 5) is 11.8. The first-order valence-electron chi connectivity index (χ1n) is 7.16. The van der Waals surface area contributed by atoms with Gasteiger partial charge in [-0.15, -0.1) is 0 Å². The van der Waals surface area contributed by atoms with E-state index < -0.39 is 17.0 Å². The summed E-state index contributed by atoms with van der Waals surface area (Å²) in [5.74, 6) is -0.872. The molecule has 2 amide bonds. The van der Waals surface area contributed by atoms with Crippen LogP contribution in [0, 0.1) is 17.6 Å². The van der Waals surface area contributed by atoms with Crippen LogP contribution in [0.4, 0.5) is 13.6 Å². The molecule has 1 aliphatic rings. The molecule has 0 bridgehead atoms. The van der Waals surface area contributed by atoms with Crippen LogP contribution in [0.1, 0.15) is 39.7 Å². The predicted octanol–water partition coefficient (Wildman–Crippen LogP) is 3.34. The van der Waals surface area contributed by atoms with Crippen LogP contribution < -0.4 is 10.6 Å². The van der Waals surface area contributed by atoms with Gasteiger partial charge < -0.3 is 10.6 Å². The van der Waals surface area contributed by atoms with Crippen molar-refractivity contribution in [2.45, 2.75) is 45.1 Å². The van der Waals surface area contributed by atoms with Crippen molar-refractivity contribution in [1.29, 1.82) is 0 Å². The lowest BCUT2D eigenvalue weighted by atomic mass is 9.92. The third kappa shape index (κ3) is 3.52. The molecule has 116 valence electrons. The number of urea groups is 1. The van der Waals surface area contributed by atoms with Gasteiger partial charge in [0.15, 0.2) is 0 Å². The van der Waals surface area contributed by atoms with Crippen LogP contribution >= 0.6 is 0 Å². The van der Waals surface area contributed by atoms with Crippen LogP contribution in [-0.2, 0) is 5.41 Å². The van der Waals surface area contributed by atoms with Crippen molar-refractivity contribution in [3.63, 3.8) is 0 Å². The number of halogens is 2. The van der Waals surface area contributed by atoms with Gasteiger partial charge in [-0.3, -0.25) is 0 Å². The zero-order chi connectivity index (χ0) is 15.8. The molecule has 2 rings (SSSR count).